The molecule has 0 aliphatic carbocycles. The first kappa shape index (κ1) is 21.6. The molecule has 0 aliphatic heterocycles. The summed E-state index contributed by atoms with van der Waals surface area (Å²) in [5.74, 6) is 0.538. The molecule has 136 valence electrons. The third-order valence-electron chi connectivity index (χ3n) is 3.19. The summed E-state index contributed by atoms with van der Waals surface area (Å²) in [5.41, 5.74) is 2.08. The van der Waals surface area contributed by atoms with E-state index in [-0.39, 0.29) is 0 Å². The molecule has 2 rings (SSSR count). The first-order valence-corrected chi connectivity index (χ1v) is 9.34. The molecule has 2 N–H and O–H groups in total. The van der Waals surface area contributed by atoms with Crippen molar-refractivity contribution in [3.63, 3.8) is 0 Å². The molecule has 1 unspecified atom stereocenters. The van der Waals surface area contributed by atoms with E-state index in [9.17, 15) is 4.20 Å². The fourth-order valence-corrected chi connectivity index (χ4v) is 3.13. The normalized spacial score (nSPS) is 11.6. The van der Waals surface area contributed by atoms with E-state index < -0.39 is 15.1 Å². The van der Waals surface area contributed by atoms with Crippen LogP contribution in [0.15, 0.2) is 30.6 Å². The summed E-state index contributed by atoms with van der Waals surface area (Å²) in [6.07, 6.45) is 2.61. The molecule has 1 aromatic carbocycles. The SMILES string of the molecule is CC.CC(=N)c1cc(O[C@H](C)c2c(Cl)cncc2Cl)ccc1NPF. The zero-order valence-electron chi connectivity index (χ0n) is 14.5. The van der Waals surface area contributed by atoms with Crippen LogP contribution in [-0.4, -0.2) is 10.7 Å². The molecule has 0 amide bonds. The summed E-state index contributed by atoms with van der Waals surface area (Å²) in [5, 5.41) is 11.2. The number of pyridine rings is 1. The summed E-state index contributed by atoms with van der Waals surface area (Å²) in [6.45, 7) is 7.45. The number of rotatable bonds is 6. The van der Waals surface area contributed by atoms with E-state index in [1.54, 1.807) is 25.1 Å². The van der Waals surface area contributed by atoms with Crippen molar-refractivity contribution >= 4 is 43.6 Å². The molecular weight excluding hydrogens is 383 g/mol. The van der Waals surface area contributed by atoms with Gasteiger partial charge in [0, 0.05) is 34.9 Å². The van der Waals surface area contributed by atoms with E-state index >= 15 is 0 Å². The Balaban J connectivity index is 0.00000151. The van der Waals surface area contributed by atoms with Crippen LogP contribution >= 0.6 is 32.2 Å². The Bertz CT molecular complexity index is 711. The lowest BCUT2D eigenvalue weighted by Crippen LogP contribution is -2.06. The van der Waals surface area contributed by atoms with Gasteiger partial charge >= 0.3 is 0 Å². The van der Waals surface area contributed by atoms with Gasteiger partial charge in [0.05, 0.1) is 10.0 Å². The van der Waals surface area contributed by atoms with E-state index in [0.29, 0.717) is 38.3 Å². The Labute approximate surface area is 159 Å². The minimum atomic E-state index is -0.938. The van der Waals surface area contributed by atoms with Crippen LogP contribution in [-0.2, 0) is 0 Å². The number of hydrogen-bond donors (Lipinski definition) is 2. The topological polar surface area (TPSA) is 58.0 Å². The van der Waals surface area contributed by atoms with Gasteiger partial charge in [0.15, 0.2) is 9.04 Å². The highest BCUT2D eigenvalue weighted by atomic mass is 35.5. The number of aromatic nitrogens is 1. The molecule has 1 aromatic heterocycles. The van der Waals surface area contributed by atoms with E-state index in [4.69, 9.17) is 33.3 Å². The number of benzene rings is 1. The van der Waals surface area contributed by atoms with Crippen LogP contribution in [0.4, 0.5) is 9.88 Å². The zero-order chi connectivity index (χ0) is 19.0. The van der Waals surface area contributed by atoms with Gasteiger partial charge in [-0.3, -0.25) is 4.98 Å². The highest BCUT2D eigenvalue weighted by Crippen LogP contribution is 2.34. The molecular formula is C17H21Cl2FN3OP. The maximum absolute atomic E-state index is 12.5. The highest BCUT2D eigenvalue weighted by molar-refractivity contribution is 7.33. The van der Waals surface area contributed by atoms with Gasteiger partial charge in [-0.15, -0.1) is 0 Å². The molecule has 8 heteroatoms. The van der Waals surface area contributed by atoms with E-state index in [1.165, 1.54) is 12.4 Å². The van der Waals surface area contributed by atoms with Crippen LogP contribution in [0.5, 0.6) is 5.75 Å². The summed E-state index contributed by atoms with van der Waals surface area (Å²) >= 11 is 12.3. The summed E-state index contributed by atoms with van der Waals surface area (Å²) in [4.78, 5) is 3.91. The number of hydrogen-bond acceptors (Lipinski definition) is 4. The molecule has 1 heterocycles. The van der Waals surface area contributed by atoms with Crippen LogP contribution in [0, 0.1) is 5.41 Å². The minimum absolute atomic E-state index is 0.309. The van der Waals surface area contributed by atoms with Gasteiger partial charge in [-0.2, -0.15) is 0 Å². The quantitative estimate of drug-likeness (QED) is 0.410. The van der Waals surface area contributed by atoms with Gasteiger partial charge in [0.1, 0.15) is 11.9 Å². The van der Waals surface area contributed by atoms with Crippen molar-refractivity contribution in [2.75, 3.05) is 5.09 Å². The molecule has 2 aromatic rings. The lowest BCUT2D eigenvalue weighted by molar-refractivity contribution is 0.227. The van der Waals surface area contributed by atoms with E-state index in [0.717, 1.165) is 0 Å². The van der Waals surface area contributed by atoms with Gasteiger partial charge in [-0.25, -0.2) is 4.20 Å². The average molecular weight is 404 g/mol. The summed E-state index contributed by atoms with van der Waals surface area (Å²) in [6, 6.07) is 5.07. The molecule has 2 atom stereocenters. The van der Waals surface area contributed by atoms with E-state index in [1.807, 2.05) is 20.8 Å². The number of nitrogens with one attached hydrogen (secondary N) is 2. The van der Waals surface area contributed by atoms with Crippen molar-refractivity contribution in [3.8, 4) is 5.75 Å². The first-order chi connectivity index (χ1) is 11.9. The Morgan fingerprint density at radius 2 is 1.88 bits per heavy atom. The number of anilines is 1. The molecule has 0 bridgehead atoms. The van der Waals surface area contributed by atoms with Crippen molar-refractivity contribution in [2.24, 2.45) is 0 Å². The Morgan fingerprint density at radius 1 is 1.28 bits per heavy atom. The van der Waals surface area contributed by atoms with Crippen molar-refractivity contribution < 1.29 is 8.93 Å². The average Bonchev–Trinajstić information content (AvgIpc) is 2.58. The minimum Gasteiger partial charge on any atom is -0.486 e. The van der Waals surface area contributed by atoms with Crippen molar-refractivity contribution in [1.82, 2.24) is 4.98 Å². The Morgan fingerprint density at radius 3 is 2.40 bits per heavy atom. The maximum Gasteiger partial charge on any atom is 0.166 e. The highest BCUT2D eigenvalue weighted by Gasteiger charge is 2.17. The standard InChI is InChI=1S/C15H15Cl2FN3OP.C2H6/c1-8(19)11-5-10(3-4-14(11)21-23-18)22-9(2)15-12(16)6-20-7-13(15)17;1-2/h3-7,9,19,21,23H,1-2H3;1-2H3/t9-;/m1./s1. The van der Waals surface area contributed by atoms with Gasteiger partial charge < -0.3 is 15.2 Å². The monoisotopic (exact) mass is 403 g/mol. The van der Waals surface area contributed by atoms with Gasteiger partial charge in [0.25, 0.3) is 0 Å². The van der Waals surface area contributed by atoms with Gasteiger partial charge in [0.2, 0.25) is 0 Å². The third kappa shape index (κ3) is 5.81. The van der Waals surface area contributed by atoms with Crippen LogP contribution in [0.25, 0.3) is 0 Å². The molecule has 25 heavy (non-hydrogen) atoms. The van der Waals surface area contributed by atoms with Crippen LogP contribution < -0.4 is 9.82 Å². The number of nitrogens with zero attached hydrogens (tertiary/aromatic N) is 1. The largest absolute Gasteiger partial charge is 0.486 e. The number of halogens is 3. The molecule has 0 fully saturated rings. The molecule has 0 radical (unpaired) electrons. The van der Waals surface area contributed by atoms with Gasteiger partial charge in [-0.1, -0.05) is 37.0 Å². The summed E-state index contributed by atoms with van der Waals surface area (Å²) in [7, 11) is -0.938. The lowest BCUT2D eigenvalue weighted by Gasteiger charge is -2.19. The molecule has 0 spiro atoms. The van der Waals surface area contributed by atoms with Crippen LogP contribution in [0.3, 0.4) is 0 Å². The fraction of sp³-hybridized carbons (Fsp3) is 0.294. The second-order valence-electron chi connectivity index (χ2n) is 4.83. The third-order valence-corrected chi connectivity index (χ3v) is 4.15. The van der Waals surface area contributed by atoms with Crippen molar-refractivity contribution in [1.29, 1.82) is 5.41 Å². The number of ether oxygens (including phenoxy) is 1. The molecule has 0 aliphatic rings. The van der Waals surface area contributed by atoms with Crippen molar-refractivity contribution in [3.05, 3.63) is 51.8 Å². The van der Waals surface area contributed by atoms with Crippen molar-refractivity contribution in [2.45, 2.75) is 33.8 Å². The predicted molar refractivity (Wildman–Crippen MR) is 107 cm³/mol. The summed E-state index contributed by atoms with van der Waals surface area (Å²) < 4.78 is 18.4. The molecule has 0 saturated carbocycles. The molecule has 0 saturated heterocycles. The predicted octanol–water partition coefficient (Wildman–Crippen LogP) is 6.83. The Hall–Kier alpha value is -1.42. The second-order valence-corrected chi connectivity index (χ2v) is 6.08. The van der Waals surface area contributed by atoms with E-state index in [2.05, 4.69) is 10.1 Å². The molecule has 4 nitrogen and oxygen atoms in total. The smallest absolute Gasteiger partial charge is 0.166 e. The maximum atomic E-state index is 12.5. The Kier molecular flexibility index (Phi) is 9.12. The van der Waals surface area contributed by atoms with Crippen LogP contribution in [0.1, 0.15) is 44.9 Å². The van der Waals surface area contributed by atoms with Crippen LogP contribution in [0.2, 0.25) is 10.0 Å². The first-order valence-electron chi connectivity index (χ1n) is 7.70. The zero-order valence-corrected chi connectivity index (χ0v) is 17.0. The second kappa shape index (κ2) is 10.5. The lowest BCUT2D eigenvalue weighted by atomic mass is 10.1. The van der Waals surface area contributed by atoms with Gasteiger partial charge in [-0.05, 0) is 32.0 Å². The fourth-order valence-electron chi connectivity index (χ4n) is 2.14.